The predicted octanol–water partition coefficient (Wildman–Crippen LogP) is 2.10. The minimum Gasteiger partial charge on any atom is -0.506 e. The third-order valence-electron chi connectivity index (χ3n) is 2.40. The van der Waals surface area contributed by atoms with Crippen LogP contribution in [-0.2, 0) is 11.2 Å². The summed E-state index contributed by atoms with van der Waals surface area (Å²) in [4.78, 5) is 8.00. The van der Waals surface area contributed by atoms with Crippen molar-refractivity contribution in [2.45, 2.75) is 32.6 Å². The van der Waals surface area contributed by atoms with Crippen LogP contribution in [0.2, 0.25) is 0 Å². The number of unbranched alkanes of at least 4 members (excludes halogenated alkanes) is 2. The molecule has 4 heteroatoms. The van der Waals surface area contributed by atoms with Gasteiger partial charge in [0, 0.05) is 0 Å². The molecule has 0 saturated heterocycles. The molecule has 0 fully saturated rings. The number of rotatable bonds is 4. The number of carbonyl (C=O) groups is 1. The zero-order chi connectivity index (χ0) is 12.6. The molecule has 90 valence electrons. The van der Waals surface area contributed by atoms with Crippen molar-refractivity contribution in [1.29, 1.82) is 0 Å². The Morgan fingerprint density at radius 2 is 1.81 bits per heavy atom. The predicted molar refractivity (Wildman–Crippen MR) is 67.3 cm³/mol. The Labute approximate surface area is 96.3 Å². The lowest BCUT2D eigenvalue weighted by Gasteiger charge is -2.09. The van der Waals surface area contributed by atoms with Gasteiger partial charge in [0.25, 0.3) is 0 Å². The molecule has 16 heavy (non-hydrogen) atoms. The van der Waals surface area contributed by atoms with E-state index in [1.807, 2.05) is 12.9 Å². The molecule has 0 radical (unpaired) electrons. The maximum Gasteiger partial charge on any atom is 0.140 e. The number of hydrogen-bond acceptors (Lipinski definition) is 4. The van der Waals surface area contributed by atoms with Crippen molar-refractivity contribution in [3.63, 3.8) is 0 Å². The van der Waals surface area contributed by atoms with Gasteiger partial charge >= 0.3 is 0 Å². The highest BCUT2D eigenvalue weighted by atomic mass is 16.3. The summed E-state index contributed by atoms with van der Waals surface area (Å²) in [5, 5.41) is 9.29. The average molecular weight is 224 g/mol. The van der Waals surface area contributed by atoms with E-state index in [4.69, 9.17) is 16.3 Å². The second-order valence-electron chi connectivity index (χ2n) is 3.53. The molecule has 0 unspecified atom stereocenters. The summed E-state index contributed by atoms with van der Waals surface area (Å²) >= 11 is 0. The highest BCUT2D eigenvalue weighted by Crippen LogP contribution is 2.30. The summed E-state index contributed by atoms with van der Waals surface area (Å²) in [6.07, 6.45) is 4.43. The third-order valence-corrected chi connectivity index (χ3v) is 2.40. The van der Waals surface area contributed by atoms with Crippen LogP contribution in [0.25, 0.3) is 0 Å². The number of benzene rings is 1. The molecule has 0 aliphatic heterocycles. The van der Waals surface area contributed by atoms with Crippen LogP contribution in [0.15, 0.2) is 12.1 Å². The van der Waals surface area contributed by atoms with Gasteiger partial charge in [0.1, 0.15) is 12.5 Å². The zero-order valence-corrected chi connectivity index (χ0v) is 9.70. The molecule has 0 aliphatic rings. The largest absolute Gasteiger partial charge is 0.506 e. The van der Waals surface area contributed by atoms with E-state index in [1.54, 1.807) is 6.07 Å². The molecule has 1 rings (SSSR count). The fourth-order valence-corrected chi connectivity index (χ4v) is 1.45. The summed E-state index contributed by atoms with van der Waals surface area (Å²) in [7, 11) is 0. The molecule has 0 spiro atoms. The van der Waals surface area contributed by atoms with Gasteiger partial charge in [0.15, 0.2) is 0 Å². The lowest BCUT2D eigenvalue weighted by atomic mass is 10.0. The number of aromatic hydroxyl groups is 1. The van der Waals surface area contributed by atoms with Crippen LogP contribution in [0.1, 0.15) is 31.7 Å². The van der Waals surface area contributed by atoms with Crippen molar-refractivity contribution in [1.82, 2.24) is 0 Å². The fourth-order valence-electron chi connectivity index (χ4n) is 1.45. The molecule has 1 aromatic rings. The van der Waals surface area contributed by atoms with E-state index in [0.717, 1.165) is 18.4 Å². The lowest BCUT2D eigenvalue weighted by Crippen LogP contribution is -2.00. The number of nitrogens with two attached hydrogens (primary N) is 2. The first-order valence-corrected chi connectivity index (χ1v) is 5.31. The number of aryl methyl sites for hydroxylation is 1. The van der Waals surface area contributed by atoms with Crippen LogP contribution in [0.4, 0.5) is 11.4 Å². The fraction of sp³-hybridized carbons (Fsp3) is 0.417. The topological polar surface area (TPSA) is 89.3 Å². The number of phenols is 1. The van der Waals surface area contributed by atoms with E-state index in [1.165, 1.54) is 12.8 Å². The molecule has 0 aromatic heterocycles. The quantitative estimate of drug-likeness (QED) is 0.415. The average Bonchev–Trinajstić information content (AvgIpc) is 2.32. The number of nitrogen functional groups attached to an aromatic ring is 2. The maximum atomic E-state index is 9.29. The first-order chi connectivity index (χ1) is 7.66. The standard InChI is InChI=1S/C11H18N2O.CH2O/c1-2-3-4-5-8-6-7-9(14)11(13)10(8)12;1-2/h6-7,14H,2-5,12-13H2,1H3;1H2. The van der Waals surface area contributed by atoms with Gasteiger partial charge in [-0.3, -0.25) is 0 Å². The van der Waals surface area contributed by atoms with E-state index in [-0.39, 0.29) is 5.75 Å². The molecular formula is C12H20N2O2. The van der Waals surface area contributed by atoms with Crippen molar-refractivity contribution in [2.24, 2.45) is 0 Å². The van der Waals surface area contributed by atoms with Crippen LogP contribution in [-0.4, -0.2) is 11.9 Å². The summed E-state index contributed by atoms with van der Waals surface area (Å²) in [6, 6.07) is 3.45. The number of anilines is 2. The molecule has 5 N–H and O–H groups in total. The normalized spacial score (nSPS) is 9.31. The Morgan fingerprint density at radius 3 is 2.38 bits per heavy atom. The first kappa shape index (κ1) is 14.3. The maximum absolute atomic E-state index is 9.29. The van der Waals surface area contributed by atoms with E-state index >= 15 is 0 Å². The molecule has 4 nitrogen and oxygen atoms in total. The molecule has 0 atom stereocenters. The van der Waals surface area contributed by atoms with Crippen LogP contribution in [0.5, 0.6) is 5.75 Å². The number of hydrogen-bond donors (Lipinski definition) is 3. The zero-order valence-electron chi connectivity index (χ0n) is 9.70. The van der Waals surface area contributed by atoms with Crippen molar-refractivity contribution in [2.75, 3.05) is 11.5 Å². The second kappa shape index (κ2) is 7.56. The number of phenolic OH excluding ortho intramolecular Hbond substituents is 1. The van der Waals surface area contributed by atoms with Crippen LogP contribution >= 0.6 is 0 Å². The minimum absolute atomic E-state index is 0.0711. The molecule has 0 amide bonds. The van der Waals surface area contributed by atoms with E-state index in [2.05, 4.69) is 6.92 Å². The first-order valence-electron chi connectivity index (χ1n) is 5.31. The van der Waals surface area contributed by atoms with Gasteiger partial charge in [-0.1, -0.05) is 25.8 Å². The Hall–Kier alpha value is -1.71. The summed E-state index contributed by atoms with van der Waals surface area (Å²) in [6.45, 7) is 4.16. The summed E-state index contributed by atoms with van der Waals surface area (Å²) in [5.74, 6) is 0.0711. The van der Waals surface area contributed by atoms with E-state index < -0.39 is 0 Å². The van der Waals surface area contributed by atoms with Gasteiger partial charge in [-0.15, -0.1) is 0 Å². The van der Waals surface area contributed by atoms with Crippen molar-refractivity contribution in [3.05, 3.63) is 17.7 Å². The molecule has 0 bridgehead atoms. The van der Waals surface area contributed by atoms with Gasteiger partial charge in [0.2, 0.25) is 0 Å². The Morgan fingerprint density at radius 1 is 1.19 bits per heavy atom. The minimum atomic E-state index is 0.0711. The highest BCUT2D eigenvalue weighted by molar-refractivity contribution is 5.73. The van der Waals surface area contributed by atoms with Gasteiger partial charge < -0.3 is 21.4 Å². The van der Waals surface area contributed by atoms with Gasteiger partial charge in [-0.2, -0.15) is 0 Å². The van der Waals surface area contributed by atoms with Crippen LogP contribution in [0, 0.1) is 0 Å². The Balaban J connectivity index is 0.00000106. The Bertz CT molecular complexity index is 327. The second-order valence-corrected chi connectivity index (χ2v) is 3.53. The van der Waals surface area contributed by atoms with Gasteiger partial charge in [0.05, 0.1) is 11.4 Å². The molecule has 0 saturated carbocycles. The molecular weight excluding hydrogens is 204 g/mol. The van der Waals surface area contributed by atoms with Gasteiger partial charge in [-0.25, -0.2) is 0 Å². The monoisotopic (exact) mass is 224 g/mol. The summed E-state index contributed by atoms with van der Waals surface area (Å²) in [5.41, 5.74) is 13.3. The van der Waals surface area contributed by atoms with Crippen molar-refractivity contribution >= 4 is 18.2 Å². The van der Waals surface area contributed by atoms with Crippen molar-refractivity contribution < 1.29 is 9.90 Å². The SMILES string of the molecule is C=O.CCCCCc1ccc(O)c(N)c1N. The molecule has 0 aliphatic carbocycles. The smallest absolute Gasteiger partial charge is 0.140 e. The lowest BCUT2D eigenvalue weighted by molar-refractivity contribution is -0.0979. The van der Waals surface area contributed by atoms with Crippen LogP contribution in [0.3, 0.4) is 0 Å². The van der Waals surface area contributed by atoms with E-state index in [0.29, 0.717) is 11.4 Å². The van der Waals surface area contributed by atoms with E-state index in [9.17, 15) is 5.11 Å². The molecule has 0 heterocycles. The number of carbonyl (C=O) groups excluding carboxylic acids is 1. The van der Waals surface area contributed by atoms with Gasteiger partial charge in [-0.05, 0) is 24.5 Å². The highest BCUT2D eigenvalue weighted by Gasteiger charge is 2.06. The summed E-state index contributed by atoms with van der Waals surface area (Å²) < 4.78 is 0. The Kier molecular flexibility index (Phi) is 6.76. The third kappa shape index (κ3) is 3.81. The van der Waals surface area contributed by atoms with Crippen molar-refractivity contribution in [3.8, 4) is 5.75 Å². The molecule has 1 aromatic carbocycles. The van der Waals surface area contributed by atoms with Crippen LogP contribution < -0.4 is 11.5 Å².